The van der Waals surface area contributed by atoms with E-state index in [0.29, 0.717) is 0 Å². The smallest absolute Gasteiger partial charge is 0.336 e. The van der Waals surface area contributed by atoms with E-state index < -0.39 is 35.8 Å². The molecule has 0 bridgehead atoms. The SMILES string of the molecule is CC(C)O.O=C(O)c1ccccc1C(=O)O.O=C(O)c1ccccc1C(=O)O.O=C(O)c1ccccc1C(=O)O. The van der Waals surface area contributed by atoms with E-state index in [1.54, 1.807) is 13.8 Å². The van der Waals surface area contributed by atoms with Crippen molar-refractivity contribution in [2.75, 3.05) is 0 Å². The van der Waals surface area contributed by atoms with Crippen LogP contribution in [0.25, 0.3) is 0 Å². The quantitative estimate of drug-likeness (QED) is 0.229. The minimum absolute atomic E-state index is 0.167. The summed E-state index contributed by atoms with van der Waals surface area (Å²) in [5.74, 6) is -7.37. The first-order valence-corrected chi connectivity index (χ1v) is 11.0. The van der Waals surface area contributed by atoms with Gasteiger partial charge in [0.2, 0.25) is 0 Å². The lowest BCUT2D eigenvalue weighted by Gasteiger charge is -1.98. The van der Waals surface area contributed by atoms with Gasteiger partial charge in [-0.05, 0) is 50.2 Å². The highest BCUT2D eigenvalue weighted by molar-refractivity contribution is 6.02. The summed E-state index contributed by atoms with van der Waals surface area (Å²) in [6.45, 7) is 3.44. The van der Waals surface area contributed by atoms with Gasteiger partial charge in [-0.25, -0.2) is 28.8 Å². The Morgan fingerprint density at radius 3 is 0.575 bits per heavy atom. The van der Waals surface area contributed by atoms with Crippen LogP contribution in [0.15, 0.2) is 72.8 Å². The number of carboxylic acids is 6. The van der Waals surface area contributed by atoms with Crippen molar-refractivity contribution in [3.8, 4) is 0 Å². The molecule has 0 amide bonds. The Labute approximate surface area is 226 Å². The van der Waals surface area contributed by atoms with Gasteiger partial charge in [0.1, 0.15) is 0 Å². The van der Waals surface area contributed by atoms with E-state index in [-0.39, 0.29) is 39.5 Å². The molecular weight excluding hydrogens is 532 g/mol. The molecule has 3 aromatic carbocycles. The monoisotopic (exact) mass is 558 g/mol. The van der Waals surface area contributed by atoms with Crippen molar-refractivity contribution >= 4 is 35.8 Å². The van der Waals surface area contributed by atoms with E-state index in [9.17, 15) is 28.8 Å². The summed E-state index contributed by atoms with van der Waals surface area (Å²) in [7, 11) is 0. The van der Waals surface area contributed by atoms with Crippen molar-refractivity contribution in [1.29, 1.82) is 0 Å². The average molecular weight is 558 g/mol. The van der Waals surface area contributed by atoms with Crippen LogP contribution in [0.3, 0.4) is 0 Å². The molecule has 0 aromatic heterocycles. The Hall–Kier alpha value is -5.56. The second-order valence-electron chi connectivity index (χ2n) is 7.56. The number of hydrogen-bond donors (Lipinski definition) is 7. The average Bonchev–Trinajstić information content (AvgIpc) is 2.89. The number of aliphatic hydroxyl groups excluding tert-OH is 1. The van der Waals surface area contributed by atoms with Crippen LogP contribution in [0, 0.1) is 0 Å². The molecule has 3 aromatic rings. The first kappa shape index (κ1) is 34.4. The van der Waals surface area contributed by atoms with E-state index in [4.69, 9.17) is 35.7 Å². The van der Waals surface area contributed by atoms with Crippen molar-refractivity contribution in [2.24, 2.45) is 0 Å². The maximum atomic E-state index is 10.5. The number of hydrogen-bond acceptors (Lipinski definition) is 7. The van der Waals surface area contributed by atoms with Gasteiger partial charge in [-0.3, -0.25) is 0 Å². The third kappa shape index (κ3) is 12.1. The number of carboxylic acid groups (broad SMARTS) is 6. The molecule has 0 radical (unpaired) electrons. The molecule has 0 unspecified atom stereocenters. The van der Waals surface area contributed by atoms with E-state index in [1.807, 2.05) is 0 Å². The first-order valence-electron chi connectivity index (χ1n) is 11.0. The molecule has 0 heterocycles. The van der Waals surface area contributed by atoms with Crippen molar-refractivity contribution in [3.05, 3.63) is 106 Å². The third-order valence-corrected chi connectivity index (χ3v) is 4.16. The Balaban J connectivity index is 0.000000534. The molecular formula is C27H26O13. The van der Waals surface area contributed by atoms with Gasteiger partial charge < -0.3 is 35.7 Å². The normalized spacial score (nSPS) is 9.30. The molecule has 13 heteroatoms. The van der Waals surface area contributed by atoms with Crippen LogP contribution < -0.4 is 0 Å². The fourth-order valence-corrected chi connectivity index (χ4v) is 2.57. The predicted octanol–water partition coefficient (Wildman–Crippen LogP) is 3.64. The molecule has 0 saturated heterocycles. The molecule has 0 fully saturated rings. The van der Waals surface area contributed by atoms with Crippen molar-refractivity contribution < 1.29 is 64.5 Å². The van der Waals surface area contributed by atoms with Gasteiger partial charge in [0.05, 0.1) is 33.4 Å². The van der Waals surface area contributed by atoms with E-state index in [0.717, 1.165) is 0 Å². The molecule has 0 aliphatic heterocycles. The van der Waals surface area contributed by atoms with Gasteiger partial charge in [-0.1, -0.05) is 36.4 Å². The zero-order valence-corrected chi connectivity index (χ0v) is 21.1. The molecule has 212 valence electrons. The van der Waals surface area contributed by atoms with Gasteiger partial charge >= 0.3 is 35.8 Å². The molecule has 40 heavy (non-hydrogen) atoms. The summed E-state index contributed by atoms with van der Waals surface area (Å²) in [5, 5.41) is 59.4. The second kappa shape index (κ2) is 17.0. The van der Waals surface area contributed by atoms with Crippen LogP contribution in [0.1, 0.15) is 76.0 Å². The fraction of sp³-hybridized carbons (Fsp3) is 0.111. The number of carbonyl (C=O) groups is 6. The standard InChI is InChI=1S/3C8H6O4.C3H8O/c3*9-7(10)5-3-1-2-4-6(5)8(11)12;1-3(2)4/h3*1-4H,(H,9,10)(H,11,12);3-4H,1-2H3. The first-order chi connectivity index (χ1) is 18.6. The Morgan fingerprint density at radius 2 is 0.500 bits per heavy atom. The van der Waals surface area contributed by atoms with E-state index >= 15 is 0 Å². The molecule has 0 aliphatic carbocycles. The number of aromatic carboxylic acids is 6. The highest BCUT2D eigenvalue weighted by Crippen LogP contribution is 2.09. The van der Waals surface area contributed by atoms with Gasteiger partial charge in [-0.2, -0.15) is 0 Å². The molecule has 7 N–H and O–H groups in total. The maximum Gasteiger partial charge on any atom is 0.336 e. The van der Waals surface area contributed by atoms with Crippen molar-refractivity contribution in [2.45, 2.75) is 20.0 Å². The van der Waals surface area contributed by atoms with Crippen molar-refractivity contribution in [3.63, 3.8) is 0 Å². The molecule has 13 nitrogen and oxygen atoms in total. The van der Waals surface area contributed by atoms with Crippen LogP contribution in [0.5, 0.6) is 0 Å². The lowest BCUT2D eigenvalue weighted by Crippen LogP contribution is -2.06. The van der Waals surface area contributed by atoms with Crippen LogP contribution in [-0.4, -0.2) is 77.7 Å². The second-order valence-corrected chi connectivity index (χ2v) is 7.56. The van der Waals surface area contributed by atoms with Crippen LogP contribution in [0.2, 0.25) is 0 Å². The molecule has 0 saturated carbocycles. The van der Waals surface area contributed by atoms with Gasteiger partial charge in [-0.15, -0.1) is 0 Å². The Kier molecular flexibility index (Phi) is 14.7. The van der Waals surface area contributed by atoms with Gasteiger partial charge in [0.15, 0.2) is 0 Å². The van der Waals surface area contributed by atoms with E-state index in [1.165, 1.54) is 72.8 Å². The van der Waals surface area contributed by atoms with E-state index in [2.05, 4.69) is 0 Å². The zero-order valence-electron chi connectivity index (χ0n) is 21.1. The lowest BCUT2D eigenvalue weighted by molar-refractivity contribution is 0.0651. The largest absolute Gasteiger partial charge is 0.478 e. The molecule has 0 aliphatic rings. The Bertz CT molecular complexity index is 1100. The third-order valence-electron chi connectivity index (χ3n) is 4.16. The predicted molar refractivity (Wildman–Crippen MR) is 138 cm³/mol. The minimum Gasteiger partial charge on any atom is -0.478 e. The summed E-state index contributed by atoms with van der Waals surface area (Å²) in [5.41, 5.74) is -1.14. The minimum atomic E-state index is -1.23. The highest BCUT2D eigenvalue weighted by Gasteiger charge is 2.15. The summed E-state index contributed by atoms with van der Waals surface area (Å²) < 4.78 is 0. The highest BCUT2D eigenvalue weighted by atomic mass is 16.4. The molecule has 0 spiro atoms. The molecule has 0 atom stereocenters. The summed E-state index contributed by atoms with van der Waals surface area (Å²) in [4.78, 5) is 62.8. The maximum absolute atomic E-state index is 10.5. The zero-order chi connectivity index (χ0) is 31.0. The summed E-state index contributed by atoms with van der Waals surface area (Å²) in [6.07, 6.45) is -0.167. The fourth-order valence-electron chi connectivity index (χ4n) is 2.57. The van der Waals surface area contributed by atoms with Crippen LogP contribution >= 0.6 is 0 Å². The number of benzene rings is 3. The summed E-state index contributed by atoms with van der Waals surface area (Å²) in [6, 6.07) is 16.4. The topological polar surface area (TPSA) is 244 Å². The lowest BCUT2D eigenvalue weighted by atomic mass is 10.1. The van der Waals surface area contributed by atoms with Crippen molar-refractivity contribution in [1.82, 2.24) is 0 Å². The number of rotatable bonds is 6. The van der Waals surface area contributed by atoms with Gasteiger partial charge in [0, 0.05) is 6.10 Å². The van der Waals surface area contributed by atoms with Crippen LogP contribution in [0.4, 0.5) is 0 Å². The summed E-state index contributed by atoms with van der Waals surface area (Å²) >= 11 is 0. The van der Waals surface area contributed by atoms with Gasteiger partial charge in [0.25, 0.3) is 0 Å². The van der Waals surface area contributed by atoms with Crippen LogP contribution in [-0.2, 0) is 0 Å². The molecule has 3 rings (SSSR count). The Morgan fingerprint density at radius 1 is 0.400 bits per heavy atom. The number of aliphatic hydroxyl groups is 1.